The summed E-state index contributed by atoms with van der Waals surface area (Å²) < 4.78 is 0.621. The molecule has 1 atom stereocenters. The number of amides is 2. The number of carbonyl (C=O) groups is 2. The van der Waals surface area contributed by atoms with E-state index in [1.54, 1.807) is 18.2 Å². The Morgan fingerprint density at radius 2 is 2.05 bits per heavy atom. The lowest BCUT2D eigenvalue weighted by Gasteiger charge is -2.17. The van der Waals surface area contributed by atoms with Crippen LogP contribution in [0, 0.1) is 5.92 Å². The summed E-state index contributed by atoms with van der Waals surface area (Å²) in [5.74, 6) is -0.886. The first-order valence-corrected chi connectivity index (χ1v) is 7.22. The summed E-state index contributed by atoms with van der Waals surface area (Å²) >= 11 is 9.07. The molecule has 7 heteroatoms. The van der Waals surface area contributed by atoms with Crippen molar-refractivity contribution in [3.05, 3.63) is 27.7 Å². The number of carboxylic acid groups (broad SMARTS) is 1. The van der Waals surface area contributed by atoms with Crippen molar-refractivity contribution in [2.24, 2.45) is 5.92 Å². The van der Waals surface area contributed by atoms with Crippen LogP contribution in [0.1, 0.15) is 20.3 Å². The molecule has 0 radical (unpaired) electrons. The van der Waals surface area contributed by atoms with Gasteiger partial charge in [-0.05, 0) is 46.5 Å². The quantitative estimate of drug-likeness (QED) is 0.746. The standard InChI is InChI=1S/C13H16BrClN2O3/c1-7(2)5-11(12(18)19)17-13(20)16-10-4-3-8(15)6-9(10)14/h3-4,6-7,11H,5H2,1-2H3,(H,18,19)(H2,16,17,20)/t11-/m1/s1. The molecule has 5 nitrogen and oxygen atoms in total. The minimum atomic E-state index is -1.05. The van der Waals surface area contributed by atoms with E-state index in [4.69, 9.17) is 16.7 Å². The summed E-state index contributed by atoms with van der Waals surface area (Å²) in [6.45, 7) is 3.79. The van der Waals surface area contributed by atoms with Crippen LogP contribution in [-0.4, -0.2) is 23.1 Å². The largest absolute Gasteiger partial charge is 0.480 e. The first kappa shape index (κ1) is 16.8. The normalized spacial score (nSPS) is 12.1. The third-order valence-corrected chi connectivity index (χ3v) is 3.38. The lowest BCUT2D eigenvalue weighted by atomic mass is 10.0. The van der Waals surface area contributed by atoms with Gasteiger partial charge >= 0.3 is 12.0 Å². The number of anilines is 1. The Morgan fingerprint density at radius 3 is 2.55 bits per heavy atom. The molecular weight excluding hydrogens is 348 g/mol. The van der Waals surface area contributed by atoms with Crippen LogP contribution in [0.25, 0.3) is 0 Å². The monoisotopic (exact) mass is 362 g/mol. The smallest absolute Gasteiger partial charge is 0.326 e. The molecule has 0 heterocycles. The Hall–Kier alpha value is -1.27. The molecule has 0 spiro atoms. The highest BCUT2D eigenvalue weighted by molar-refractivity contribution is 9.10. The van der Waals surface area contributed by atoms with Crippen molar-refractivity contribution in [3.8, 4) is 0 Å². The molecule has 0 bridgehead atoms. The molecule has 0 aromatic heterocycles. The van der Waals surface area contributed by atoms with E-state index in [1.165, 1.54) is 0 Å². The number of aliphatic carboxylic acids is 1. The van der Waals surface area contributed by atoms with Gasteiger partial charge in [-0.15, -0.1) is 0 Å². The van der Waals surface area contributed by atoms with Gasteiger partial charge in [-0.25, -0.2) is 9.59 Å². The number of benzene rings is 1. The minimum Gasteiger partial charge on any atom is -0.480 e. The molecule has 0 aliphatic carbocycles. The van der Waals surface area contributed by atoms with Crippen molar-refractivity contribution < 1.29 is 14.7 Å². The Kier molecular flexibility index (Phi) is 6.29. The Bertz CT molecular complexity index is 508. The molecule has 1 rings (SSSR count). The Balaban J connectivity index is 2.68. The second kappa shape index (κ2) is 7.50. The zero-order valence-corrected chi connectivity index (χ0v) is 13.5. The van der Waals surface area contributed by atoms with Gasteiger partial charge in [0, 0.05) is 9.50 Å². The lowest BCUT2D eigenvalue weighted by Crippen LogP contribution is -2.43. The number of hydrogen-bond donors (Lipinski definition) is 3. The zero-order chi connectivity index (χ0) is 15.3. The van der Waals surface area contributed by atoms with Gasteiger partial charge in [-0.3, -0.25) is 0 Å². The molecular formula is C13H16BrClN2O3. The van der Waals surface area contributed by atoms with E-state index in [2.05, 4.69) is 26.6 Å². The number of hydrogen-bond acceptors (Lipinski definition) is 2. The first-order chi connectivity index (χ1) is 9.29. The van der Waals surface area contributed by atoms with Crippen molar-refractivity contribution in [3.63, 3.8) is 0 Å². The van der Waals surface area contributed by atoms with Crippen molar-refractivity contribution in [1.82, 2.24) is 5.32 Å². The summed E-state index contributed by atoms with van der Waals surface area (Å²) in [6, 6.07) is 3.41. The van der Waals surface area contributed by atoms with Crippen molar-refractivity contribution in [1.29, 1.82) is 0 Å². The predicted octanol–water partition coefficient (Wildman–Crippen LogP) is 3.72. The first-order valence-electron chi connectivity index (χ1n) is 6.05. The van der Waals surface area contributed by atoms with Crippen molar-refractivity contribution >= 4 is 45.2 Å². The summed E-state index contributed by atoms with van der Waals surface area (Å²) in [7, 11) is 0. The second-order valence-corrected chi connectivity index (χ2v) is 6.03. The van der Waals surface area contributed by atoms with E-state index in [9.17, 15) is 9.59 Å². The van der Waals surface area contributed by atoms with E-state index in [1.807, 2.05) is 13.8 Å². The lowest BCUT2D eigenvalue weighted by molar-refractivity contribution is -0.139. The third kappa shape index (κ3) is 5.38. The second-order valence-electron chi connectivity index (χ2n) is 4.74. The summed E-state index contributed by atoms with van der Waals surface area (Å²) in [5, 5.41) is 14.6. The molecule has 1 aromatic rings. The van der Waals surface area contributed by atoms with Crippen molar-refractivity contribution in [2.45, 2.75) is 26.3 Å². The molecule has 0 fully saturated rings. The van der Waals surface area contributed by atoms with E-state index in [-0.39, 0.29) is 5.92 Å². The zero-order valence-electron chi connectivity index (χ0n) is 11.1. The Morgan fingerprint density at radius 1 is 1.40 bits per heavy atom. The number of nitrogens with one attached hydrogen (secondary N) is 2. The van der Waals surface area contributed by atoms with Gasteiger partial charge in [-0.1, -0.05) is 25.4 Å². The van der Waals surface area contributed by atoms with E-state index >= 15 is 0 Å². The maximum Gasteiger partial charge on any atom is 0.326 e. The molecule has 0 saturated carbocycles. The maximum atomic E-state index is 11.8. The highest BCUT2D eigenvalue weighted by Crippen LogP contribution is 2.25. The van der Waals surface area contributed by atoms with Gasteiger partial charge in [0.25, 0.3) is 0 Å². The van der Waals surface area contributed by atoms with Crippen LogP contribution in [0.4, 0.5) is 10.5 Å². The minimum absolute atomic E-state index is 0.165. The van der Waals surface area contributed by atoms with Crippen LogP contribution in [0.15, 0.2) is 22.7 Å². The summed E-state index contributed by atoms with van der Waals surface area (Å²) in [6.07, 6.45) is 0.366. The van der Waals surface area contributed by atoms with Gasteiger partial charge in [0.1, 0.15) is 6.04 Å². The Labute approximate surface area is 130 Å². The van der Waals surface area contributed by atoms with E-state index in [0.717, 1.165) is 0 Å². The third-order valence-electron chi connectivity index (χ3n) is 2.49. The van der Waals surface area contributed by atoms with Gasteiger partial charge in [0.2, 0.25) is 0 Å². The molecule has 1 aromatic carbocycles. The fraction of sp³-hybridized carbons (Fsp3) is 0.385. The number of urea groups is 1. The van der Waals surface area contributed by atoms with Crippen LogP contribution in [0.2, 0.25) is 5.02 Å². The van der Waals surface area contributed by atoms with Crippen LogP contribution in [0.5, 0.6) is 0 Å². The van der Waals surface area contributed by atoms with Crippen LogP contribution in [0.3, 0.4) is 0 Å². The number of carbonyl (C=O) groups excluding carboxylic acids is 1. The molecule has 0 aliphatic rings. The number of carboxylic acids is 1. The maximum absolute atomic E-state index is 11.8. The van der Waals surface area contributed by atoms with Gasteiger partial charge < -0.3 is 15.7 Å². The molecule has 2 amide bonds. The highest BCUT2D eigenvalue weighted by Gasteiger charge is 2.21. The van der Waals surface area contributed by atoms with E-state index < -0.39 is 18.0 Å². The molecule has 0 unspecified atom stereocenters. The molecule has 0 saturated heterocycles. The summed E-state index contributed by atoms with van der Waals surface area (Å²) in [4.78, 5) is 22.9. The fourth-order valence-corrected chi connectivity index (χ4v) is 2.38. The number of rotatable bonds is 5. The highest BCUT2D eigenvalue weighted by atomic mass is 79.9. The molecule has 110 valence electrons. The van der Waals surface area contributed by atoms with E-state index in [0.29, 0.717) is 21.6 Å². The van der Waals surface area contributed by atoms with Crippen LogP contribution in [-0.2, 0) is 4.79 Å². The fourth-order valence-electron chi connectivity index (χ4n) is 1.60. The number of halogens is 2. The predicted molar refractivity (Wildman–Crippen MR) is 82.2 cm³/mol. The average Bonchev–Trinajstić information content (AvgIpc) is 2.31. The molecule has 20 heavy (non-hydrogen) atoms. The molecule has 0 aliphatic heterocycles. The van der Waals surface area contributed by atoms with Gasteiger partial charge in [-0.2, -0.15) is 0 Å². The van der Waals surface area contributed by atoms with Gasteiger partial charge in [0.05, 0.1) is 5.69 Å². The van der Waals surface area contributed by atoms with Crippen LogP contribution < -0.4 is 10.6 Å². The van der Waals surface area contributed by atoms with Crippen LogP contribution >= 0.6 is 27.5 Å². The van der Waals surface area contributed by atoms with Crippen molar-refractivity contribution in [2.75, 3.05) is 5.32 Å². The average molecular weight is 364 g/mol. The summed E-state index contributed by atoms with van der Waals surface area (Å²) in [5.41, 5.74) is 0.514. The SMILES string of the molecule is CC(C)C[C@@H](NC(=O)Nc1ccc(Cl)cc1Br)C(=O)O. The topological polar surface area (TPSA) is 78.4 Å². The molecule has 3 N–H and O–H groups in total. The van der Waals surface area contributed by atoms with Gasteiger partial charge in [0.15, 0.2) is 0 Å².